The Hall–Kier alpha value is -1.38. The minimum atomic E-state index is -0.884. The maximum absolute atomic E-state index is 10.7. The molecule has 0 aromatic carbocycles. The number of aliphatic carboxylic acids is 1. The topological polar surface area (TPSA) is 49.7 Å². The smallest absolute Gasteiger partial charge is 0.350 e. The second kappa shape index (κ2) is 3.17. The number of carbonyl (C=O) groups is 1. The number of rotatable bonds is 1. The van der Waals surface area contributed by atoms with E-state index in [0.717, 1.165) is 12.8 Å². The van der Waals surface area contributed by atoms with Crippen LogP contribution in [-0.2, 0) is 4.79 Å². The van der Waals surface area contributed by atoms with Gasteiger partial charge in [0.2, 0.25) is 0 Å². The van der Waals surface area contributed by atoms with Gasteiger partial charge < -0.3 is 5.11 Å². The molecule has 2 aliphatic rings. The van der Waals surface area contributed by atoms with Crippen LogP contribution in [0.5, 0.6) is 0 Å². The van der Waals surface area contributed by atoms with E-state index in [0.29, 0.717) is 12.1 Å². The molecule has 1 atom stereocenters. The van der Waals surface area contributed by atoms with Gasteiger partial charge in [-0.1, -0.05) is 18.2 Å². The molecule has 0 saturated carbocycles. The number of dihydropyridines is 1. The molecule has 0 fully saturated rings. The van der Waals surface area contributed by atoms with Crippen molar-refractivity contribution in [2.24, 2.45) is 4.99 Å². The summed E-state index contributed by atoms with van der Waals surface area (Å²) in [5.74, 6) is -0.884. The minimum Gasteiger partial charge on any atom is -0.477 e. The van der Waals surface area contributed by atoms with Crippen LogP contribution in [-0.4, -0.2) is 22.8 Å². The Morgan fingerprint density at radius 3 is 3.08 bits per heavy atom. The molecule has 0 spiro atoms. The van der Waals surface area contributed by atoms with Gasteiger partial charge in [0.15, 0.2) is 0 Å². The molecule has 13 heavy (non-hydrogen) atoms. The summed E-state index contributed by atoms with van der Waals surface area (Å²) < 4.78 is 0. The zero-order valence-corrected chi connectivity index (χ0v) is 7.23. The maximum atomic E-state index is 10.7. The summed E-state index contributed by atoms with van der Waals surface area (Å²) in [6.45, 7) is 0. The first-order valence-electron chi connectivity index (χ1n) is 4.41. The van der Waals surface area contributed by atoms with Crippen molar-refractivity contribution in [2.45, 2.75) is 25.3 Å². The highest BCUT2D eigenvalue weighted by atomic mass is 16.4. The molecule has 0 amide bonds. The lowest BCUT2D eigenvalue weighted by Gasteiger charge is -2.22. The molecule has 0 saturated heterocycles. The lowest BCUT2D eigenvalue weighted by molar-refractivity contribution is -0.129. The quantitative estimate of drug-likeness (QED) is 0.618. The Morgan fingerprint density at radius 2 is 2.31 bits per heavy atom. The lowest BCUT2D eigenvalue weighted by atomic mass is 9.92. The molecule has 3 heteroatoms. The fourth-order valence-electron chi connectivity index (χ4n) is 1.70. The van der Waals surface area contributed by atoms with Gasteiger partial charge in [0, 0.05) is 6.42 Å². The summed E-state index contributed by atoms with van der Waals surface area (Å²) in [5, 5.41) is 8.75. The minimum absolute atomic E-state index is 0.102. The third-order valence-electron chi connectivity index (χ3n) is 2.42. The number of nitrogens with zero attached hydrogens (tertiary/aromatic N) is 1. The van der Waals surface area contributed by atoms with Gasteiger partial charge in [-0.2, -0.15) is 0 Å². The van der Waals surface area contributed by atoms with E-state index in [-0.39, 0.29) is 6.04 Å². The average molecular weight is 177 g/mol. The number of carboxylic acids is 1. The van der Waals surface area contributed by atoms with Gasteiger partial charge in [-0.25, -0.2) is 4.79 Å². The highest BCUT2D eigenvalue weighted by Gasteiger charge is 2.21. The van der Waals surface area contributed by atoms with E-state index < -0.39 is 5.97 Å². The normalized spacial score (nSPS) is 26.0. The summed E-state index contributed by atoms with van der Waals surface area (Å²) in [4.78, 5) is 14.9. The number of carboxylic acid groups (broad SMARTS) is 1. The largest absolute Gasteiger partial charge is 0.477 e. The Bertz CT molecular complexity index is 326. The zero-order valence-electron chi connectivity index (χ0n) is 7.23. The molecular formula is C10H11NO2. The van der Waals surface area contributed by atoms with Gasteiger partial charge in [0.05, 0.1) is 6.04 Å². The van der Waals surface area contributed by atoms with Crippen molar-refractivity contribution in [3.8, 4) is 0 Å². The van der Waals surface area contributed by atoms with Crippen molar-refractivity contribution in [3.05, 3.63) is 23.8 Å². The molecule has 0 bridgehead atoms. The number of hydrogen-bond acceptors (Lipinski definition) is 2. The Balaban J connectivity index is 2.22. The third-order valence-corrected chi connectivity index (χ3v) is 2.42. The molecule has 3 nitrogen and oxygen atoms in total. The van der Waals surface area contributed by atoms with E-state index in [1.807, 2.05) is 6.08 Å². The van der Waals surface area contributed by atoms with E-state index in [1.165, 1.54) is 5.57 Å². The Morgan fingerprint density at radius 1 is 1.46 bits per heavy atom. The highest BCUT2D eigenvalue weighted by molar-refractivity contribution is 6.36. The van der Waals surface area contributed by atoms with E-state index in [4.69, 9.17) is 5.11 Å². The van der Waals surface area contributed by atoms with Crippen LogP contribution in [0.2, 0.25) is 0 Å². The molecule has 1 unspecified atom stereocenters. The third kappa shape index (κ3) is 1.54. The van der Waals surface area contributed by atoms with E-state index in [9.17, 15) is 4.79 Å². The molecule has 2 rings (SSSR count). The van der Waals surface area contributed by atoms with Crippen LogP contribution in [0.3, 0.4) is 0 Å². The standard InChI is InChI=1S/C10H11NO2/c12-10(13)9-6-5-7-3-1-2-4-8(7)11-9/h1-2,5,8H,3-4,6H2,(H,12,13). The lowest BCUT2D eigenvalue weighted by Crippen LogP contribution is -2.23. The summed E-state index contributed by atoms with van der Waals surface area (Å²) in [5.41, 5.74) is 1.57. The van der Waals surface area contributed by atoms with Gasteiger partial charge in [-0.3, -0.25) is 4.99 Å². The Labute approximate surface area is 76.5 Å². The molecule has 0 aromatic heterocycles. The fourth-order valence-corrected chi connectivity index (χ4v) is 1.70. The predicted molar refractivity (Wildman–Crippen MR) is 49.9 cm³/mol. The van der Waals surface area contributed by atoms with Gasteiger partial charge >= 0.3 is 5.97 Å². The van der Waals surface area contributed by atoms with Gasteiger partial charge in [-0.15, -0.1) is 0 Å². The fraction of sp³-hybridized carbons (Fsp3) is 0.400. The van der Waals surface area contributed by atoms with Crippen LogP contribution in [0.4, 0.5) is 0 Å². The van der Waals surface area contributed by atoms with E-state index in [1.54, 1.807) is 0 Å². The first kappa shape index (κ1) is 8.23. The van der Waals surface area contributed by atoms with Crippen LogP contribution in [0.15, 0.2) is 28.8 Å². The van der Waals surface area contributed by atoms with E-state index in [2.05, 4.69) is 17.1 Å². The monoisotopic (exact) mass is 177 g/mol. The van der Waals surface area contributed by atoms with Crippen molar-refractivity contribution >= 4 is 11.7 Å². The number of aliphatic imine (C=N–C) groups is 1. The molecule has 0 aromatic rings. The molecular weight excluding hydrogens is 166 g/mol. The molecule has 68 valence electrons. The highest BCUT2D eigenvalue weighted by Crippen LogP contribution is 2.25. The average Bonchev–Trinajstić information content (AvgIpc) is 2.17. The number of allylic oxidation sites excluding steroid dienone is 2. The van der Waals surface area contributed by atoms with E-state index >= 15 is 0 Å². The zero-order chi connectivity index (χ0) is 9.26. The number of hydrogen-bond donors (Lipinski definition) is 1. The van der Waals surface area contributed by atoms with Crippen LogP contribution in [0.25, 0.3) is 0 Å². The van der Waals surface area contributed by atoms with Gasteiger partial charge in [-0.05, 0) is 18.4 Å². The van der Waals surface area contributed by atoms with Crippen molar-refractivity contribution < 1.29 is 9.90 Å². The molecule has 0 radical (unpaired) electrons. The second-order valence-electron chi connectivity index (χ2n) is 3.29. The van der Waals surface area contributed by atoms with Crippen molar-refractivity contribution in [1.82, 2.24) is 0 Å². The van der Waals surface area contributed by atoms with Crippen molar-refractivity contribution in [1.29, 1.82) is 0 Å². The van der Waals surface area contributed by atoms with Crippen LogP contribution in [0, 0.1) is 0 Å². The van der Waals surface area contributed by atoms with Crippen molar-refractivity contribution in [2.75, 3.05) is 0 Å². The first-order chi connectivity index (χ1) is 6.27. The molecule has 1 heterocycles. The summed E-state index contributed by atoms with van der Waals surface area (Å²) >= 11 is 0. The van der Waals surface area contributed by atoms with Crippen LogP contribution in [0.1, 0.15) is 19.3 Å². The molecule has 1 aliphatic carbocycles. The van der Waals surface area contributed by atoms with Crippen LogP contribution >= 0.6 is 0 Å². The molecule has 1 aliphatic heterocycles. The predicted octanol–water partition coefficient (Wildman–Crippen LogP) is 1.56. The summed E-state index contributed by atoms with van der Waals surface area (Å²) in [6.07, 6.45) is 8.45. The SMILES string of the molecule is O=C(O)C1=NC2CC=CCC2=CC1. The Kier molecular flexibility index (Phi) is 2.00. The maximum Gasteiger partial charge on any atom is 0.350 e. The summed E-state index contributed by atoms with van der Waals surface area (Å²) in [6, 6.07) is 0.102. The first-order valence-corrected chi connectivity index (χ1v) is 4.41. The molecule has 1 N–H and O–H groups in total. The van der Waals surface area contributed by atoms with Gasteiger partial charge in [0.1, 0.15) is 5.71 Å². The van der Waals surface area contributed by atoms with Crippen molar-refractivity contribution in [3.63, 3.8) is 0 Å². The van der Waals surface area contributed by atoms with Gasteiger partial charge in [0.25, 0.3) is 0 Å². The number of fused-ring (bicyclic) bond motifs is 1. The van der Waals surface area contributed by atoms with Crippen LogP contribution < -0.4 is 0 Å². The summed E-state index contributed by atoms with van der Waals surface area (Å²) in [7, 11) is 0. The second-order valence-corrected chi connectivity index (χ2v) is 3.29.